The number of carbonyl (C=O) groups is 3. The first kappa shape index (κ1) is 19.3. The molecule has 1 N–H and O–H groups in total. The smallest absolute Gasteiger partial charge is 0.354 e. The van der Waals surface area contributed by atoms with Crippen molar-refractivity contribution in [3.63, 3.8) is 0 Å². The van der Waals surface area contributed by atoms with Gasteiger partial charge in [0.25, 0.3) is 5.91 Å². The summed E-state index contributed by atoms with van der Waals surface area (Å²) in [7, 11) is 1.77. The van der Waals surface area contributed by atoms with Crippen LogP contribution in [0, 0.1) is 0 Å². The van der Waals surface area contributed by atoms with Gasteiger partial charge in [-0.1, -0.05) is 30.3 Å². The number of aromatic carboxylic acids is 1. The molecule has 3 rings (SSSR count). The van der Waals surface area contributed by atoms with E-state index >= 15 is 0 Å². The van der Waals surface area contributed by atoms with E-state index in [2.05, 4.69) is 4.98 Å². The Bertz CT molecular complexity index is 846. The second-order valence-corrected chi connectivity index (χ2v) is 6.64. The zero-order valence-electron chi connectivity index (χ0n) is 15.6. The SMILES string of the molecule is CN(Cc1ccccc1)C(=O)N1CCN(C(=O)c2ccc(C(=O)O)nc2)CC1. The number of aromatic nitrogens is 1. The maximum absolute atomic E-state index is 12.6. The van der Waals surface area contributed by atoms with Crippen LogP contribution in [0.25, 0.3) is 0 Å². The first-order valence-corrected chi connectivity index (χ1v) is 8.98. The van der Waals surface area contributed by atoms with Crippen LogP contribution < -0.4 is 0 Å². The summed E-state index contributed by atoms with van der Waals surface area (Å²) in [5, 5.41) is 8.88. The van der Waals surface area contributed by atoms with Crippen LogP contribution in [-0.4, -0.2) is 75.9 Å². The van der Waals surface area contributed by atoms with Crippen LogP contribution in [0.2, 0.25) is 0 Å². The van der Waals surface area contributed by atoms with Crippen LogP contribution in [0.15, 0.2) is 48.7 Å². The summed E-state index contributed by atoms with van der Waals surface area (Å²) in [5.41, 5.74) is 1.30. The van der Waals surface area contributed by atoms with Gasteiger partial charge in [-0.3, -0.25) is 4.79 Å². The van der Waals surface area contributed by atoms with E-state index in [4.69, 9.17) is 5.11 Å². The maximum atomic E-state index is 12.6. The summed E-state index contributed by atoms with van der Waals surface area (Å²) in [6, 6.07) is 12.5. The highest BCUT2D eigenvalue weighted by Gasteiger charge is 2.26. The van der Waals surface area contributed by atoms with Gasteiger partial charge in [0.2, 0.25) is 0 Å². The van der Waals surface area contributed by atoms with E-state index < -0.39 is 5.97 Å². The van der Waals surface area contributed by atoms with Crippen LogP contribution in [0.3, 0.4) is 0 Å². The molecule has 0 aliphatic carbocycles. The molecule has 28 heavy (non-hydrogen) atoms. The average molecular weight is 382 g/mol. The maximum Gasteiger partial charge on any atom is 0.354 e. The Morgan fingerprint density at radius 3 is 2.21 bits per heavy atom. The Labute approximate surface area is 163 Å². The van der Waals surface area contributed by atoms with E-state index in [0.29, 0.717) is 38.3 Å². The Balaban J connectivity index is 1.54. The van der Waals surface area contributed by atoms with Gasteiger partial charge in [-0.05, 0) is 17.7 Å². The number of benzene rings is 1. The summed E-state index contributed by atoms with van der Waals surface area (Å²) in [4.78, 5) is 44.9. The molecule has 1 saturated heterocycles. The topological polar surface area (TPSA) is 94.1 Å². The molecule has 1 aliphatic heterocycles. The van der Waals surface area contributed by atoms with Crippen molar-refractivity contribution in [1.82, 2.24) is 19.7 Å². The number of carboxylic acid groups (broad SMARTS) is 1. The molecule has 1 aromatic carbocycles. The Morgan fingerprint density at radius 2 is 1.64 bits per heavy atom. The molecule has 8 nitrogen and oxygen atoms in total. The third kappa shape index (κ3) is 4.46. The van der Waals surface area contributed by atoms with Crippen molar-refractivity contribution < 1.29 is 19.5 Å². The second kappa shape index (κ2) is 8.51. The zero-order chi connectivity index (χ0) is 20.1. The molecule has 2 heterocycles. The van der Waals surface area contributed by atoms with E-state index in [1.54, 1.807) is 21.7 Å². The highest BCUT2D eigenvalue weighted by atomic mass is 16.4. The monoisotopic (exact) mass is 382 g/mol. The quantitative estimate of drug-likeness (QED) is 0.870. The number of carbonyl (C=O) groups excluding carboxylic acids is 2. The van der Waals surface area contributed by atoms with Crippen LogP contribution in [-0.2, 0) is 6.54 Å². The molecule has 0 saturated carbocycles. The number of nitrogens with zero attached hydrogens (tertiary/aromatic N) is 4. The van der Waals surface area contributed by atoms with Gasteiger partial charge in [-0.25, -0.2) is 14.6 Å². The molecular weight excluding hydrogens is 360 g/mol. The minimum Gasteiger partial charge on any atom is -0.477 e. The van der Waals surface area contributed by atoms with E-state index in [1.165, 1.54) is 18.3 Å². The predicted molar refractivity (Wildman–Crippen MR) is 102 cm³/mol. The molecule has 1 aliphatic rings. The predicted octanol–water partition coefficient (Wildman–Crippen LogP) is 1.79. The molecule has 0 radical (unpaired) electrons. The third-order valence-electron chi connectivity index (χ3n) is 4.66. The summed E-state index contributed by atoms with van der Waals surface area (Å²) < 4.78 is 0. The van der Waals surface area contributed by atoms with Crippen molar-refractivity contribution in [3.8, 4) is 0 Å². The summed E-state index contributed by atoms with van der Waals surface area (Å²) >= 11 is 0. The minimum absolute atomic E-state index is 0.0663. The Morgan fingerprint density at radius 1 is 1.00 bits per heavy atom. The second-order valence-electron chi connectivity index (χ2n) is 6.64. The number of amides is 3. The molecule has 0 unspecified atom stereocenters. The standard InChI is InChI=1S/C20H22N4O4/c1-22(14-15-5-3-2-4-6-15)20(28)24-11-9-23(10-12-24)18(25)16-7-8-17(19(26)27)21-13-16/h2-8,13H,9-12,14H2,1H3,(H,26,27). The van der Waals surface area contributed by atoms with Crippen LogP contribution >= 0.6 is 0 Å². The number of rotatable bonds is 4. The molecule has 3 amide bonds. The van der Waals surface area contributed by atoms with E-state index in [-0.39, 0.29) is 17.6 Å². The van der Waals surface area contributed by atoms with Crippen LogP contribution in [0.1, 0.15) is 26.4 Å². The van der Waals surface area contributed by atoms with Crippen molar-refractivity contribution in [2.45, 2.75) is 6.54 Å². The van der Waals surface area contributed by atoms with Gasteiger partial charge in [0.1, 0.15) is 5.69 Å². The number of urea groups is 1. The fourth-order valence-corrected chi connectivity index (χ4v) is 3.10. The van der Waals surface area contributed by atoms with Gasteiger partial charge in [0, 0.05) is 46.0 Å². The van der Waals surface area contributed by atoms with Crippen molar-refractivity contribution in [2.24, 2.45) is 0 Å². The Hall–Kier alpha value is -3.42. The summed E-state index contributed by atoms with van der Waals surface area (Å²) in [6.45, 7) is 2.27. The van der Waals surface area contributed by atoms with Crippen molar-refractivity contribution in [3.05, 3.63) is 65.5 Å². The lowest BCUT2D eigenvalue weighted by atomic mass is 10.2. The van der Waals surface area contributed by atoms with Gasteiger partial charge < -0.3 is 19.8 Å². The number of hydrogen-bond acceptors (Lipinski definition) is 4. The van der Waals surface area contributed by atoms with Gasteiger partial charge in [0.15, 0.2) is 0 Å². The molecular formula is C20H22N4O4. The Kier molecular flexibility index (Phi) is 5.88. The fourth-order valence-electron chi connectivity index (χ4n) is 3.10. The summed E-state index contributed by atoms with van der Waals surface area (Å²) in [6.07, 6.45) is 1.27. The molecule has 0 spiro atoms. The third-order valence-corrected chi connectivity index (χ3v) is 4.66. The molecule has 8 heteroatoms. The lowest BCUT2D eigenvalue weighted by Gasteiger charge is -2.36. The minimum atomic E-state index is -1.13. The van der Waals surface area contributed by atoms with Crippen molar-refractivity contribution >= 4 is 17.9 Å². The van der Waals surface area contributed by atoms with Gasteiger partial charge in [-0.15, -0.1) is 0 Å². The largest absolute Gasteiger partial charge is 0.477 e. The molecule has 1 fully saturated rings. The highest BCUT2D eigenvalue weighted by Crippen LogP contribution is 2.12. The molecule has 1 aromatic heterocycles. The first-order valence-electron chi connectivity index (χ1n) is 8.98. The van der Waals surface area contributed by atoms with Gasteiger partial charge in [-0.2, -0.15) is 0 Å². The average Bonchev–Trinajstić information content (AvgIpc) is 2.73. The first-order chi connectivity index (χ1) is 13.5. The lowest BCUT2D eigenvalue weighted by Crippen LogP contribution is -2.53. The van der Waals surface area contributed by atoms with Gasteiger partial charge >= 0.3 is 12.0 Å². The lowest BCUT2D eigenvalue weighted by molar-refractivity contribution is 0.0640. The number of hydrogen-bond donors (Lipinski definition) is 1. The highest BCUT2D eigenvalue weighted by molar-refractivity contribution is 5.95. The van der Waals surface area contributed by atoms with E-state index in [9.17, 15) is 14.4 Å². The molecule has 0 bridgehead atoms. The van der Waals surface area contributed by atoms with Crippen LogP contribution in [0.4, 0.5) is 4.79 Å². The molecule has 2 aromatic rings. The summed E-state index contributed by atoms with van der Waals surface area (Å²) in [5.74, 6) is -1.35. The number of piperazine rings is 1. The van der Waals surface area contributed by atoms with Crippen molar-refractivity contribution in [2.75, 3.05) is 33.2 Å². The van der Waals surface area contributed by atoms with E-state index in [0.717, 1.165) is 5.56 Å². The number of pyridine rings is 1. The zero-order valence-corrected chi connectivity index (χ0v) is 15.6. The van der Waals surface area contributed by atoms with Crippen LogP contribution in [0.5, 0.6) is 0 Å². The van der Waals surface area contributed by atoms with E-state index in [1.807, 2.05) is 30.3 Å². The number of carboxylic acids is 1. The normalized spacial score (nSPS) is 13.9. The molecule has 0 atom stereocenters. The molecule has 146 valence electrons. The van der Waals surface area contributed by atoms with Crippen molar-refractivity contribution in [1.29, 1.82) is 0 Å². The van der Waals surface area contributed by atoms with Gasteiger partial charge in [0.05, 0.1) is 5.56 Å². The fraction of sp³-hybridized carbons (Fsp3) is 0.300.